The summed E-state index contributed by atoms with van der Waals surface area (Å²) in [5.41, 5.74) is 10.2. The minimum Gasteiger partial charge on any atom is -0.457 e. The second kappa shape index (κ2) is 8.67. The number of nitrogen functional groups attached to an aromatic ring is 1. The number of pyridine rings is 2. The number of para-hydroxylation sites is 1. The van der Waals surface area contributed by atoms with Crippen LogP contribution >= 0.6 is 0 Å². The molecule has 0 aliphatic heterocycles. The van der Waals surface area contributed by atoms with Gasteiger partial charge in [-0.2, -0.15) is 0 Å². The van der Waals surface area contributed by atoms with Crippen LogP contribution in [-0.4, -0.2) is 19.5 Å². The Morgan fingerprint density at radius 1 is 0.938 bits per heavy atom. The number of imidazole rings is 1. The van der Waals surface area contributed by atoms with Gasteiger partial charge in [0.05, 0.1) is 11.0 Å². The Morgan fingerprint density at radius 3 is 2.62 bits per heavy atom. The summed E-state index contributed by atoms with van der Waals surface area (Å²) in [5, 5.41) is 1.07. The van der Waals surface area contributed by atoms with Gasteiger partial charge in [0.1, 0.15) is 22.8 Å². The molecule has 3 heterocycles. The van der Waals surface area contributed by atoms with E-state index in [1.54, 1.807) is 12.4 Å². The van der Waals surface area contributed by atoms with E-state index in [2.05, 4.69) is 39.7 Å². The maximum Gasteiger partial charge on any atom is 0.152 e. The smallest absolute Gasteiger partial charge is 0.152 e. The third-order valence-electron chi connectivity index (χ3n) is 5.57. The summed E-state index contributed by atoms with van der Waals surface area (Å²) in [6, 6.07) is 20.0. The maximum atomic E-state index is 6.32. The number of rotatable bonds is 7. The van der Waals surface area contributed by atoms with Gasteiger partial charge in [-0.25, -0.2) is 9.97 Å². The molecule has 0 radical (unpaired) electrons. The molecule has 0 bridgehead atoms. The number of anilines is 1. The molecule has 3 aromatic heterocycles. The van der Waals surface area contributed by atoms with Gasteiger partial charge >= 0.3 is 0 Å². The first-order valence-electron chi connectivity index (χ1n) is 10.9. The van der Waals surface area contributed by atoms with Crippen LogP contribution in [0.25, 0.3) is 21.9 Å². The van der Waals surface area contributed by atoms with Crippen molar-refractivity contribution in [3.05, 3.63) is 84.4 Å². The SMILES string of the molecule is CCCCc1nc2c(N)nc3ccccc3c2n1Cc1cccc(Oc2ccncc2)c1. The van der Waals surface area contributed by atoms with Gasteiger partial charge in [-0.05, 0) is 42.3 Å². The van der Waals surface area contributed by atoms with Gasteiger partial charge < -0.3 is 15.0 Å². The first kappa shape index (κ1) is 20.0. The normalized spacial score (nSPS) is 11.3. The predicted molar refractivity (Wildman–Crippen MR) is 128 cm³/mol. The fourth-order valence-corrected chi connectivity index (χ4v) is 4.03. The lowest BCUT2D eigenvalue weighted by molar-refractivity contribution is 0.481. The van der Waals surface area contributed by atoms with Crippen molar-refractivity contribution in [3.63, 3.8) is 0 Å². The molecule has 2 aromatic carbocycles. The summed E-state index contributed by atoms with van der Waals surface area (Å²) in [6.45, 7) is 2.87. The molecular weight excluding hydrogens is 398 g/mol. The van der Waals surface area contributed by atoms with Gasteiger partial charge in [-0.1, -0.05) is 43.7 Å². The monoisotopic (exact) mass is 423 g/mol. The van der Waals surface area contributed by atoms with Crippen molar-refractivity contribution in [1.82, 2.24) is 19.5 Å². The quantitative estimate of drug-likeness (QED) is 0.361. The average molecular weight is 424 g/mol. The molecule has 0 aliphatic rings. The number of hydrogen-bond acceptors (Lipinski definition) is 5. The minimum absolute atomic E-state index is 0.477. The Balaban J connectivity index is 1.59. The highest BCUT2D eigenvalue weighted by Crippen LogP contribution is 2.30. The second-order valence-corrected chi connectivity index (χ2v) is 7.86. The van der Waals surface area contributed by atoms with E-state index in [0.29, 0.717) is 12.4 Å². The Kier molecular flexibility index (Phi) is 5.42. The maximum absolute atomic E-state index is 6.32. The number of unbranched alkanes of at least 4 members (excludes halogenated alkanes) is 1. The number of aromatic nitrogens is 4. The first-order valence-corrected chi connectivity index (χ1v) is 10.9. The summed E-state index contributed by atoms with van der Waals surface area (Å²) < 4.78 is 8.30. The number of hydrogen-bond donors (Lipinski definition) is 1. The topological polar surface area (TPSA) is 78.8 Å². The highest BCUT2D eigenvalue weighted by Gasteiger charge is 2.17. The van der Waals surface area contributed by atoms with Crippen molar-refractivity contribution < 1.29 is 4.74 Å². The zero-order valence-electron chi connectivity index (χ0n) is 18.0. The van der Waals surface area contributed by atoms with Crippen LogP contribution in [0.1, 0.15) is 31.2 Å². The molecule has 0 saturated carbocycles. The summed E-state index contributed by atoms with van der Waals surface area (Å²) in [6.07, 6.45) is 6.51. The number of nitrogens with zero attached hydrogens (tertiary/aromatic N) is 4. The average Bonchev–Trinajstić information content (AvgIpc) is 3.18. The number of ether oxygens (including phenoxy) is 1. The molecular formula is C26H25N5O. The Morgan fingerprint density at radius 2 is 1.78 bits per heavy atom. The lowest BCUT2D eigenvalue weighted by Crippen LogP contribution is -2.06. The molecule has 0 atom stereocenters. The molecule has 0 saturated heterocycles. The van der Waals surface area contributed by atoms with Crippen molar-refractivity contribution in [2.75, 3.05) is 5.73 Å². The molecule has 0 fully saturated rings. The second-order valence-electron chi connectivity index (χ2n) is 7.86. The van der Waals surface area contributed by atoms with E-state index < -0.39 is 0 Å². The van der Waals surface area contributed by atoms with Gasteiger partial charge in [-0.15, -0.1) is 0 Å². The van der Waals surface area contributed by atoms with Crippen molar-refractivity contribution in [3.8, 4) is 11.5 Å². The summed E-state index contributed by atoms with van der Waals surface area (Å²) in [5.74, 6) is 3.06. The zero-order chi connectivity index (χ0) is 21.9. The van der Waals surface area contributed by atoms with Gasteiger partial charge in [0, 0.05) is 30.7 Å². The Hall–Kier alpha value is -3.93. The molecule has 160 valence electrons. The van der Waals surface area contributed by atoms with Crippen LogP contribution < -0.4 is 10.5 Å². The Bertz CT molecular complexity index is 1380. The van der Waals surface area contributed by atoms with Gasteiger partial charge in [0.2, 0.25) is 0 Å². The predicted octanol–water partition coefficient (Wildman–Crippen LogP) is 5.74. The largest absolute Gasteiger partial charge is 0.457 e. The van der Waals surface area contributed by atoms with E-state index in [9.17, 15) is 0 Å². The molecule has 0 unspecified atom stereocenters. The van der Waals surface area contributed by atoms with E-state index in [-0.39, 0.29) is 0 Å². The Labute approximate surface area is 186 Å². The van der Waals surface area contributed by atoms with Crippen LogP contribution in [-0.2, 0) is 13.0 Å². The summed E-state index contributed by atoms with van der Waals surface area (Å²) >= 11 is 0. The molecule has 0 spiro atoms. The molecule has 6 heteroatoms. The van der Waals surface area contributed by atoms with E-state index in [1.165, 1.54) is 0 Å². The number of benzene rings is 2. The van der Waals surface area contributed by atoms with Gasteiger partial charge in [-0.3, -0.25) is 4.98 Å². The number of fused-ring (bicyclic) bond motifs is 3. The van der Waals surface area contributed by atoms with E-state index in [4.69, 9.17) is 15.5 Å². The van der Waals surface area contributed by atoms with Crippen LogP contribution in [0.15, 0.2) is 73.1 Å². The van der Waals surface area contributed by atoms with Crippen LogP contribution in [0, 0.1) is 0 Å². The fraction of sp³-hybridized carbons (Fsp3) is 0.192. The van der Waals surface area contributed by atoms with Gasteiger partial charge in [0.15, 0.2) is 5.82 Å². The van der Waals surface area contributed by atoms with Crippen molar-refractivity contribution in [2.45, 2.75) is 32.7 Å². The highest BCUT2D eigenvalue weighted by molar-refractivity contribution is 6.06. The van der Waals surface area contributed by atoms with Crippen LogP contribution in [0.5, 0.6) is 11.5 Å². The summed E-state index contributed by atoms with van der Waals surface area (Å²) in [7, 11) is 0. The lowest BCUT2D eigenvalue weighted by atomic mass is 10.1. The lowest BCUT2D eigenvalue weighted by Gasteiger charge is -2.12. The molecule has 6 nitrogen and oxygen atoms in total. The van der Waals surface area contributed by atoms with Crippen molar-refractivity contribution >= 4 is 27.8 Å². The standard InChI is InChI=1S/C26H25N5O/c1-2-3-11-23-30-24-25(21-9-4-5-10-22(21)29-26(24)27)31(23)17-18-7-6-8-20(16-18)32-19-12-14-28-15-13-19/h4-10,12-16H,2-3,11,17H2,1H3,(H2,27,29). The third-order valence-corrected chi connectivity index (χ3v) is 5.57. The van der Waals surface area contributed by atoms with Crippen LogP contribution in [0.2, 0.25) is 0 Å². The van der Waals surface area contributed by atoms with E-state index in [0.717, 1.165) is 64.1 Å². The zero-order valence-corrected chi connectivity index (χ0v) is 18.0. The van der Waals surface area contributed by atoms with E-state index in [1.807, 2.05) is 42.5 Å². The van der Waals surface area contributed by atoms with Gasteiger partial charge in [0.25, 0.3) is 0 Å². The summed E-state index contributed by atoms with van der Waals surface area (Å²) in [4.78, 5) is 13.6. The first-order chi connectivity index (χ1) is 15.7. The number of nitrogens with two attached hydrogens (primary N) is 1. The molecule has 32 heavy (non-hydrogen) atoms. The molecule has 2 N–H and O–H groups in total. The fourth-order valence-electron chi connectivity index (χ4n) is 4.03. The highest BCUT2D eigenvalue weighted by atomic mass is 16.5. The molecule has 5 rings (SSSR count). The molecule has 0 aliphatic carbocycles. The minimum atomic E-state index is 0.477. The van der Waals surface area contributed by atoms with Crippen molar-refractivity contribution in [1.29, 1.82) is 0 Å². The van der Waals surface area contributed by atoms with Crippen LogP contribution in [0.3, 0.4) is 0 Å². The van der Waals surface area contributed by atoms with E-state index >= 15 is 0 Å². The molecule has 5 aromatic rings. The molecule has 0 amide bonds. The van der Waals surface area contributed by atoms with Crippen LogP contribution in [0.4, 0.5) is 5.82 Å². The third kappa shape index (κ3) is 3.87. The number of aryl methyl sites for hydroxylation is 1. The van der Waals surface area contributed by atoms with Crippen molar-refractivity contribution in [2.24, 2.45) is 0 Å².